The molecule has 6 nitrogen and oxygen atoms in total. The molecule has 0 aliphatic carbocycles. The number of nitrogens with zero attached hydrogens (tertiary/aromatic N) is 2. The molecule has 0 aliphatic heterocycles. The van der Waals surface area contributed by atoms with Crippen molar-refractivity contribution in [2.24, 2.45) is 0 Å². The van der Waals surface area contributed by atoms with Gasteiger partial charge in [0.05, 0.1) is 23.8 Å². The van der Waals surface area contributed by atoms with Crippen LogP contribution in [0.25, 0.3) is 17.3 Å². The Morgan fingerprint density at radius 1 is 1.00 bits per heavy atom. The standard InChI is InChI=1S/C28H27N3O3/c1-28(2,3)34-27(32)24(18-22-15-10-16-33-22)31-26-23(17-20-11-6-4-7-12-20)30-25(19-29-26)21-13-8-5-9-14-21/h4-16,18-19H,17H2,1-3H3,(H,29,31). The van der Waals surface area contributed by atoms with Crippen molar-refractivity contribution in [1.82, 2.24) is 9.97 Å². The minimum atomic E-state index is -0.656. The zero-order valence-electron chi connectivity index (χ0n) is 19.5. The lowest BCUT2D eigenvalue weighted by Gasteiger charge is -2.21. The van der Waals surface area contributed by atoms with E-state index < -0.39 is 11.6 Å². The third-order valence-electron chi connectivity index (χ3n) is 4.83. The van der Waals surface area contributed by atoms with Crippen LogP contribution in [0.15, 0.2) is 95.4 Å². The van der Waals surface area contributed by atoms with Gasteiger partial charge in [-0.2, -0.15) is 0 Å². The molecule has 0 bridgehead atoms. The minimum Gasteiger partial charge on any atom is -0.465 e. The van der Waals surface area contributed by atoms with Crippen molar-refractivity contribution >= 4 is 17.9 Å². The molecular formula is C28H27N3O3. The molecule has 1 N–H and O–H groups in total. The molecule has 4 rings (SSSR count). The van der Waals surface area contributed by atoms with Crippen molar-refractivity contribution in [3.63, 3.8) is 0 Å². The molecule has 2 aromatic carbocycles. The average molecular weight is 454 g/mol. The highest BCUT2D eigenvalue weighted by Crippen LogP contribution is 2.24. The molecule has 0 radical (unpaired) electrons. The van der Waals surface area contributed by atoms with Crippen LogP contribution in [0.3, 0.4) is 0 Å². The fourth-order valence-electron chi connectivity index (χ4n) is 3.31. The van der Waals surface area contributed by atoms with Crippen LogP contribution in [0, 0.1) is 0 Å². The van der Waals surface area contributed by atoms with Gasteiger partial charge in [0.2, 0.25) is 0 Å². The number of hydrogen-bond acceptors (Lipinski definition) is 6. The molecule has 172 valence electrons. The maximum atomic E-state index is 13.0. The zero-order chi connectivity index (χ0) is 24.0. The monoisotopic (exact) mass is 453 g/mol. The molecule has 4 aromatic rings. The van der Waals surface area contributed by atoms with Crippen molar-refractivity contribution in [2.75, 3.05) is 5.32 Å². The van der Waals surface area contributed by atoms with E-state index in [4.69, 9.17) is 14.1 Å². The molecular weight excluding hydrogens is 426 g/mol. The van der Waals surface area contributed by atoms with E-state index in [1.165, 1.54) is 0 Å². The average Bonchev–Trinajstić information content (AvgIpc) is 3.33. The first-order valence-corrected chi connectivity index (χ1v) is 11.1. The molecule has 0 amide bonds. The Labute approximate surface area is 199 Å². The summed E-state index contributed by atoms with van der Waals surface area (Å²) in [6.07, 6.45) is 5.39. The molecule has 0 atom stereocenters. The summed E-state index contributed by atoms with van der Waals surface area (Å²) in [6, 6.07) is 23.4. The van der Waals surface area contributed by atoms with Gasteiger partial charge in [-0.05, 0) is 38.5 Å². The predicted octanol–water partition coefficient (Wildman–Crippen LogP) is 6.12. The van der Waals surface area contributed by atoms with E-state index in [2.05, 4.69) is 10.3 Å². The molecule has 2 heterocycles. The summed E-state index contributed by atoms with van der Waals surface area (Å²) in [4.78, 5) is 22.5. The van der Waals surface area contributed by atoms with Crippen LogP contribution in [0.5, 0.6) is 0 Å². The number of nitrogens with one attached hydrogen (secondary N) is 1. The summed E-state index contributed by atoms with van der Waals surface area (Å²) in [5.41, 5.74) is 3.07. The van der Waals surface area contributed by atoms with E-state index in [-0.39, 0.29) is 5.70 Å². The maximum Gasteiger partial charge on any atom is 0.355 e. The van der Waals surface area contributed by atoms with E-state index in [1.54, 1.807) is 30.7 Å². The third-order valence-corrected chi connectivity index (χ3v) is 4.83. The lowest BCUT2D eigenvalue weighted by molar-refractivity contribution is -0.149. The van der Waals surface area contributed by atoms with Gasteiger partial charge >= 0.3 is 5.97 Å². The second kappa shape index (κ2) is 10.2. The lowest BCUT2D eigenvalue weighted by atomic mass is 10.1. The first-order valence-electron chi connectivity index (χ1n) is 11.1. The van der Waals surface area contributed by atoms with Gasteiger partial charge in [0.25, 0.3) is 0 Å². The Bertz CT molecular complexity index is 1260. The van der Waals surface area contributed by atoms with Crippen LogP contribution in [0.2, 0.25) is 0 Å². The van der Waals surface area contributed by atoms with Gasteiger partial charge in [-0.15, -0.1) is 0 Å². The molecule has 0 aliphatic rings. The van der Waals surface area contributed by atoms with Crippen LogP contribution < -0.4 is 5.32 Å². The van der Waals surface area contributed by atoms with Crippen LogP contribution in [0.1, 0.15) is 37.8 Å². The Morgan fingerprint density at radius 3 is 2.35 bits per heavy atom. The number of carbonyl (C=O) groups excluding carboxylic acids is 1. The number of carbonyl (C=O) groups is 1. The summed E-state index contributed by atoms with van der Waals surface area (Å²) in [5, 5.41) is 3.16. The van der Waals surface area contributed by atoms with Gasteiger partial charge < -0.3 is 14.5 Å². The van der Waals surface area contributed by atoms with Crippen molar-refractivity contribution in [1.29, 1.82) is 0 Å². The van der Waals surface area contributed by atoms with E-state index in [1.807, 2.05) is 81.4 Å². The normalized spacial score (nSPS) is 11.8. The number of rotatable bonds is 7. The SMILES string of the molecule is CC(C)(C)OC(=O)C(=Cc1ccco1)Nc1ncc(-c2ccccc2)nc1Cc1ccccc1. The summed E-state index contributed by atoms with van der Waals surface area (Å²) < 4.78 is 11.0. The maximum absolute atomic E-state index is 13.0. The van der Waals surface area contributed by atoms with E-state index in [9.17, 15) is 4.79 Å². The van der Waals surface area contributed by atoms with Crippen molar-refractivity contribution in [3.05, 3.63) is 108 Å². The van der Waals surface area contributed by atoms with Crippen molar-refractivity contribution < 1.29 is 13.9 Å². The highest BCUT2D eigenvalue weighted by molar-refractivity contribution is 5.96. The minimum absolute atomic E-state index is 0.209. The summed E-state index contributed by atoms with van der Waals surface area (Å²) >= 11 is 0. The molecule has 6 heteroatoms. The lowest BCUT2D eigenvalue weighted by Crippen LogP contribution is -2.27. The van der Waals surface area contributed by atoms with E-state index >= 15 is 0 Å². The Kier molecular flexibility index (Phi) is 6.87. The highest BCUT2D eigenvalue weighted by atomic mass is 16.6. The second-order valence-electron chi connectivity index (χ2n) is 8.78. The van der Waals surface area contributed by atoms with Crippen LogP contribution in [-0.4, -0.2) is 21.5 Å². The Balaban J connectivity index is 1.73. The van der Waals surface area contributed by atoms with Crippen LogP contribution >= 0.6 is 0 Å². The number of esters is 1. The van der Waals surface area contributed by atoms with E-state index in [0.717, 1.165) is 16.8 Å². The second-order valence-corrected chi connectivity index (χ2v) is 8.78. The van der Waals surface area contributed by atoms with Gasteiger partial charge in [0, 0.05) is 18.1 Å². The number of hydrogen-bond donors (Lipinski definition) is 1. The smallest absolute Gasteiger partial charge is 0.355 e. The summed E-state index contributed by atoms with van der Waals surface area (Å²) in [5.74, 6) is 0.488. The molecule has 2 aromatic heterocycles. The van der Waals surface area contributed by atoms with Crippen LogP contribution in [-0.2, 0) is 16.0 Å². The number of ether oxygens (including phenoxy) is 1. The Morgan fingerprint density at radius 2 is 1.71 bits per heavy atom. The summed E-state index contributed by atoms with van der Waals surface area (Å²) in [6.45, 7) is 5.47. The predicted molar refractivity (Wildman–Crippen MR) is 133 cm³/mol. The fourth-order valence-corrected chi connectivity index (χ4v) is 3.31. The topological polar surface area (TPSA) is 77.2 Å². The third kappa shape index (κ3) is 6.19. The van der Waals surface area contributed by atoms with Gasteiger partial charge in [-0.1, -0.05) is 60.7 Å². The molecule has 0 fully saturated rings. The number of anilines is 1. The van der Waals surface area contributed by atoms with Crippen molar-refractivity contribution in [3.8, 4) is 11.3 Å². The number of furan rings is 1. The first kappa shape index (κ1) is 23.0. The summed E-state index contributed by atoms with van der Waals surface area (Å²) in [7, 11) is 0. The van der Waals surface area contributed by atoms with Crippen LogP contribution in [0.4, 0.5) is 5.82 Å². The van der Waals surface area contributed by atoms with Crippen molar-refractivity contribution in [2.45, 2.75) is 32.8 Å². The Hall–Kier alpha value is -4.19. The molecule has 0 saturated heterocycles. The molecule has 0 unspecified atom stereocenters. The molecule has 0 saturated carbocycles. The number of benzene rings is 2. The van der Waals surface area contributed by atoms with E-state index in [0.29, 0.717) is 23.7 Å². The fraction of sp³-hybridized carbons (Fsp3) is 0.179. The first-order chi connectivity index (χ1) is 16.4. The quantitative estimate of drug-likeness (QED) is 0.268. The number of aromatic nitrogens is 2. The van der Waals surface area contributed by atoms with Gasteiger partial charge in [0.1, 0.15) is 17.1 Å². The molecule has 0 spiro atoms. The zero-order valence-corrected chi connectivity index (χ0v) is 19.5. The highest BCUT2D eigenvalue weighted by Gasteiger charge is 2.22. The van der Waals surface area contributed by atoms with Gasteiger partial charge in [-0.3, -0.25) is 0 Å². The largest absolute Gasteiger partial charge is 0.465 e. The molecule has 34 heavy (non-hydrogen) atoms. The van der Waals surface area contributed by atoms with Gasteiger partial charge in [-0.25, -0.2) is 14.8 Å². The van der Waals surface area contributed by atoms with Gasteiger partial charge in [0.15, 0.2) is 5.82 Å².